The second kappa shape index (κ2) is 7.06. The van der Waals surface area contributed by atoms with Gasteiger partial charge in [0.25, 0.3) is 0 Å². The fraction of sp³-hybridized carbons (Fsp3) is 0.455. The molecule has 0 aromatic heterocycles. The monoisotopic (exact) mass is 198 g/mol. The van der Waals surface area contributed by atoms with Crippen molar-refractivity contribution in [1.29, 1.82) is 0 Å². The van der Waals surface area contributed by atoms with Crippen LogP contribution in [0.3, 0.4) is 0 Å². The Morgan fingerprint density at radius 3 is 2.21 bits per heavy atom. The molecule has 1 aromatic carbocycles. The van der Waals surface area contributed by atoms with Crippen LogP contribution in [0.25, 0.3) is 0 Å². The van der Waals surface area contributed by atoms with Crippen molar-refractivity contribution in [2.45, 2.75) is 27.2 Å². The molecule has 0 unspecified atom stereocenters. The molecule has 3 nitrogen and oxygen atoms in total. The molecule has 0 aliphatic rings. The van der Waals surface area contributed by atoms with E-state index in [-0.39, 0.29) is 11.5 Å². The molecule has 0 saturated carbocycles. The third kappa shape index (κ3) is 4.03. The lowest BCUT2D eigenvalue weighted by molar-refractivity contribution is 0.309. The molecule has 1 rings (SSSR count). The van der Waals surface area contributed by atoms with E-state index in [4.69, 9.17) is 14.9 Å². The van der Waals surface area contributed by atoms with Gasteiger partial charge in [-0.3, -0.25) is 0 Å². The van der Waals surface area contributed by atoms with Crippen molar-refractivity contribution in [1.82, 2.24) is 0 Å². The van der Waals surface area contributed by atoms with E-state index in [0.717, 1.165) is 0 Å². The molecule has 0 aliphatic heterocycles. The predicted molar refractivity (Wildman–Crippen MR) is 56.9 cm³/mol. The highest BCUT2D eigenvalue weighted by molar-refractivity contribution is 5.48. The third-order valence-electron chi connectivity index (χ3n) is 1.28. The number of aromatic hydroxyl groups is 2. The van der Waals surface area contributed by atoms with Gasteiger partial charge < -0.3 is 14.9 Å². The van der Waals surface area contributed by atoms with Crippen molar-refractivity contribution >= 4 is 0 Å². The summed E-state index contributed by atoms with van der Waals surface area (Å²) in [5.41, 5.74) is 0. The van der Waals surface area contributed by atoms with Crippen molar-refractivity contribution in [3.05, 3.63) is 18.2 Å². The zero-order valence-electron chi connectivity index (χ0n) is 8.95. The Labute approximate surface area is 85.0 Å². The molecule has 0 saturated heterocycles. The van der Waals surface area contributed by atoms with E-state index in [0.29, 0.717) is 12.4 Å². The van der Waals surface area contributed by atoms with Crippen LogP contribution in [0.1, 0.15) is 27.2 Å². The lowest BCUT2D eigenvalue weighted by Crippen LogP contribution is -1.90. The van der Waals surface area contributed by atoms with Gasteiger partial charge in [0, 0.05) is 0 Å². The van der Waals surface area contributed by atoms with E-state index in [1.54, 1.807) is 12.1 Å². The van der Waals surface area contributed by atoms with Crippen LogP contribution in [-0.4, -0.2) is 16.8 Å². The predicted octanol–water partition coefficient (Wildman–Crippen LogP) is 2.91. The number of ether oxygens (including phenoxy) is 1. The van der Waals surface area contributed by atoms with Gasteiger partial charge in [0.2, 0.25) is 5.75 Å². The van der Waals surface area contributed by atoms with Crippen LogP contribution in [0.15, 0.2) is 18.2 Å². The average Bonchev–Trinajstić information content (AvgIpc) is 2.15. The van der Waals surface area contributed by atoms with Gasteiger partial charge in [-0.15, -0.1) is 0 Å². The summed E-state index contributed by atoms with van der Waals surface area (Å²) in [7, 11) is 0. The van der Waals surface area contributed by atoms with Crippen LogP contribution in [0.5, 0.6) is 17.2 Å². The van der Waals surface area contributed by atoms with Gasteiger partial charge in [-0.2, -0.15) is 0 Å². The summed E-state index contributed by atoms with van der Waals surface area (Å²) < 4.78 is 5.01. The molecule has 0 atom stereocenters. The SMILES string of the molecule is CCC.CCOc1cccc(O)c1O. The van der Waals surface area contributed by atoms with Crippen molar-refractivity contribution in [2.75, 3.05) is 6.61 Å². The summed E-state index contributed by atoms with van der Waals surface area (Å²) >= 11 is 0. The summed E-state index contributed by atoms with van der Waals surface area (Å²) in [5, 5.41) is 18.2. The van der Waals surface area contributed by atoms with Crippen LogP contribution >= 0.6 is 0 Å². The molecule has 0 fully saturated rings. The molecule has 3 heteroatoms. The van der Waals surface area contributed by atoms with Gasteiger partial charge >= 0.3 is 0 Å². The van der Waals surface area contributed by atoms with Crippen LogP contribution in [0, 0.1) is 0 Å². The van der Waals surface area contributed by atoms with Crippen molar-refractivity contribution in [3.8, 4) is 17.2 Å². The maximum absolute atomic E-state index is 9.15. The second-order valence-electron chi connectivity index (χ2n) is 2.76. The van der Waals surface area contributed by atoms with Gasteiger partial charge in [0.15, 0.2) is 11.5 Å². The minimum absolute atomic E-state index is 0.157. The highest BCUT2D eigenvalue weighted by atomic mass is 16.5. The number of phenols is 2. The number of benzene rings is 1. The highest BCUT2D eigenvalue weighted by Gasteiger charge is 2.04. The number of rotatable bonds is 2. The van der Waals surface area contributed by atoms with Crippen LogP contribution in [0.2, 0.25) is 0 Å². The van der Waals surface area contributed by atoms with Gasteiger partial charge in [-0.1, -0.05) is 26.3 Å². The minimum Gasteiger partial charge on any atom is -0.504 e. The normalized spacial score (nSPS) is 8.79. The average molecular weight is 198 g/mol. The van der Waals surface area contributed by atoms with E-state index in [1.165, 1.54) is 12.5 Å². The van der Waals surface area contributed by atoms with Crippen LogP contribution in [-0.2, 0) is 0 Å². The van der Waals surface area contributed by atoms with Crippen LogP contribution in [0.4, 0.5) is 0 Å². The number of phenolic OH excluding ortho intramolecular Hbond substituents is 2. The van der Waals surface area contributed by atoms with E-state index in [2.05, 4.69) is 13.8 Å². The molecule has 0 bridgehead atoms. The lowest BCUT2D eigenvalue weighted by atomic mass is 10.3. The summed E-state index contributed by atoms with van der Waals surface area (Å²) in [6, 6.07) is 4.61. The van der Waals surface area contributed by atoms with Crippen molar-refractivity contribution in [2.24, 2.45) is 0 Å². The first-order valence-corrected chi connectivity index (χ1v) is 4.81. The quantitative estimate of drug-likeness (QED) is 0.718. The molecule has 2 N–H and O–H groups in total. The zero-order chi connectivity index (χ0) is 11.0. The van der Waals surface area contributed by atoms with E-state index in [1.807, 2.05) is 6.92 Å². The molecule has 14 heavy (non-hydrogen) atoms. The fourth-order valence-corrected chi connectivity index (χ4v) is 0.783. The summed E-state index contributed by atoms with van der Waals surface area (Å²) in [4.78, 5) is 0. The zero-order valence-corrected chi connectivity index (χ0v) is 8.95. The highest BCUT2D eigenvalue weighted by Crippen LogP contribution is 2.34. The standard InChI is InChI=1S/C8H10O3.C3H8/c1-2-11-7-5-3-4-6(9)8(7)10;1-3-2/h3-5,9-10H,2H2,1H3;3H2,1-2H3. The molecule has 80 valence electrons. The Balaban J connectivity index is 0.000000500. The van der Waals surface area contributed by atoms with Gasteiger partial charge in [-0.05, 0) is 19.1 Å². The Hall–Kier alpha value is -1.38. The molecule has 0 amide bonds. The van der Waals surface area contributed by atoms with Gasteiger partial charge in [-0.25, -0.2) is 0 Å². The largest absolute Gasteiger partial charge is 0.504 e. The first-order chi connectivity index (χ1) is 6.67. The molecular weight excluding hydrogens is 180 g/mol. The molecule has 1 aromatic rings. The Morgan fingerprint density at radius 2 is 1.71 bits per heavy atom. The van der Waals surface area contributed by atoms with Gasteiger partial charge in [0.05, 0.1) is 6.61 Å². The first kappa shape index (κ1) is 12.6. The topological polar surface area (TPSA) is 49.7 Å². The van der Waals surface area contributed by atoms with E-state index < -0.39 is 0 Å². The molecule has 0 spiro atoms. The Morgan fingerprint density at radius 1 is 1.14 bits per heavy atom. The molecule has 0 heterocycles. The molecule has 0 aliphatic carbocycles. The van der Waals surface area contributed by atoms with Gasteiger partial charge in [0.1, 0.15) is 0 Å². The van der Waals surface area contributed by atoms with E-state index >= 15 is 0 Å². The first-order valence-electron chi connectivity index (χ1n) is 4.81. The Bertz CT molecular complexity index is 259. The number of para-hydroxylation sites is 1. The molecule has 0 radical (unpaired) electrons. The molecular formula is C11H18O3. The maximum atomic E-state index is 9.15. The minimum atomic E-state index is -0.200. The fourth-order valence-electron chi connectivity index (χ4n) is 0.783. The maximum Gasteiger partial charge on any atom is 0.200 e. The summed E-state index contributed by atoms with van der Waals surface area (Å²) in [6.07, 6.45) is 1.25. The Kier molecular flexibility index (Phi) is 6.37. The van der Waals surface area contributed by atoms with Crippen molar-refractivity contribution < 1.29 is 14.9 Å². The van der Waals surface area contributed by atoms with E-state index in [9.17, 15) is 0 Å². The summed E-state index contributed by atoms with van der Waals surface area (Å²) in [6.45, 7) is 6.53. The van der Waals surface area contributed by atoms with Crippen molar-refractivity contribution in [3.63, 3.8) is 0 Å². The lowest BCUT2D eigenvalue weighted by Gasteiger charge is -2.05. The third-order valence-corrected chi connectivity index (χ3v) is 1.28. The summed E-state index contributed by atoms with van der Waals surface area (Å²) in [5.74, 6) is -0.0437. The number of hydrogen-bond donors (Lipinski definition) is 2. The smallest absolute Gasteiger partial charge is 0.200 e. The van der Waals surface area contributed by atoms with Crippen LogP contribution < -0.4 is 4.74 Å². The number of hydrogen-bond acceptors (Lipinski definition) is 3. The second-order valence-corrected chi connectivity index (χ2v) is 2.76.